The molecule has 27 heavy (non-hydrogen) atoms. The Hall–Kier alpha value is -2.26. The standard InChI is InChI=1S/C18H20N2O5S2/c1-12-15(26-16(19-12)13-6-4-3-5-7-13)17(22)25-10-14(21)20-18(2)8-9-27(23,24)11-18/h3-7H,8-11H2,1-2H3,(H,20,21)/t18-/m1/s1. The van der Waals surface area contributed by atoms with Crippen molar-refractivity contribution in [2.45, 2.75) is 25.8 Å². The molecule has 2 aromatic rings. The molecule has 2 heterocycles. The smallest absolute Gasteiger partial charge is 0.350 e. The predicted molar refractivity (Wildman–Crippen MR) is 102 cm³/mol. The molecule has 1 saturated heterocycles. The molecule has 1 aromatic carbocycles. The summed E-state index contributed by atoms with van der Waals surface area (Å²) in [4.78, 5) is 29.1. The maximum absolute atomic E-state index is 12.3. The van der Waals surface area contributed by atoms with Crippen molar-refractivity contribution in [1.29, 1.82) is 0 Å². The summed E-state index contributed by atoms with van der Waals surface area (Å²) in [6.45, 7) is 2.92. The van der Waals surface area contributed by atoms with E-state index in [4.69, 9.17) is 4.74 Å². The van der Waals surface area contributed by atoms with Gasteiger partial charge >= 0.3 is 5.97 Å². The van der Waals surface area contributed by atoms with E-state index >= 15 is 0 Å². The number of thiazole rings is 1. The van der Waals surface area contributed by atoms with E-state index in [1.807, 2.05) is 30.3 Å². The van der Waals surface area contributed by atoms with Gasteiger partial charge in [-0.2, -0.15) is 0 Å². The third kappa shape index (κ3) is 4.72. The highest BCUT2D eigenvalue weighted by atomic mass is 32.2. The Morgan fingerprint density at radius 2 is 2.00 bits per heavy atom. The van der Waals surface area contributed by atoms with Gasteiger partial charge in [0.1, 0.15) is 9.88 Å². The van der Waals surface area contributed by atoms with E-state index < -0.39 is 33.9 Å². The summed E-state index contributed by atoms with van der Waals surface area (Å²) >= 11 is 1.21. The number of esters is 1. The number of hydrogen-bond donors (Lipinski definition) is 1. The highest BCUT2D eigenvalue weighted by Crippen LogP contribution is 2.28. The molecule has 0 bridgehead atoms. The van der Waals surface area contributed by atoms with Crippen molar-refractivity contribution in [1.82, 2.24) is 10.3 Å². The molecule has 1 aromatic heterocycles. The van der Waals surface area contributed by atoms with Crippen LogP contribution in [0.2, 0.25) is 0 Å². The third-order valence-electron chi connectivity index (χ3n) is 4.28. The van der Waals surface area contributed by atoms with Crippen molar-refractivity contribution >= 4 is 33.1 Å². The van der Waals surface area contributed by atoms with E-state index in [9.17, 15) is 18.0 Å². The second-order valence-corrected chi connectivity index (χ2v) is 10.0. The number of nitrogens with zero attached hydrogens (tertiary/aromatic N) is 1. The van der Waals surface area contributed by atoms with Crippen LogP contribution in [0.15, 0.2) is 30.3 Å². The van der Waals surface area contributed by atoms with Crippen molar-refractivity contribution < 1.29 is 22.7 Å². The second kappa shape index (κ2) is 7.40. The first-order valence-corrected chi connectivity index (χ1v) is 11.0. The van der Waals surface area contributed by atoms with Crippen molar-refractivity contribution in [3.05, 3.63) is 40.9 Å². The number of aryl methyl sites for hydroxylation is 1. The van der Waals surface area contributed by atoms with Crippen LogP contribution in [-0.2, 0) is 19.4 Å². The van der Waals surface area contributed by atoms with Crippen molar-refractivity contribution in [3.8, 4) is 10.6 Å². The average Bonchev–Trinajstić information content (AvgIpc) is 3.12. The number of sulfone groups is 1. The quantitative estimate of drug-likeness (QED) is 0.759. The van der Waals surface area contributed by atoms with Gasteiger partial charge in [0.15, 0.2) is 16.4 Å². The van der Waals surface area contributed by atoms with Crippen LogP contribution in [-0.4, -0.2) is 48.9 Å². The highest BCUT2D eigenvalue weighted by molar-refractivity contribution is 7.91. The van der Waals surface area contributed by atoms with Gasteiger partial charge in [0, 0.05) is 5.56 Å². The SMILES string of the molecule is Cc1nc(-c2ccccc2)sc1C(=O)OCC(=O)N[C@]1(C)CCS(=O)(=O)C1. The molecule has 0 radical (unpaired) electrons. The first kappa shape index (κ1) is 19.5. The fraction of sp³-hybridized carbons (Fsp3) is 0.389. The molecule has 1 N–H and O–H groups in total. The van der Waals surface area contributed by atoms with Gasteiger partial charge in [-0.25, -0.2) is 18.2 Å². The van der Waals surface area contributed by atoms with Gasteiger partial charge in [-0.3, -0.25) is 4.79 Å². The molecule has 9 heteroatoms. The Morgan fingerprint density at radius 3 is 2.63 bits per heavy atom. The van der Waals surface area contributed by atoms with E-state index in [-0.39, 0.29) is 11.5 Å². The summed E-state index contributed by atoms with van der Waals surface area (Å²) in [6, 6.07) is 9.47. The molecular weight excluding hydrogens is 388 g/mol. The van der Waals surface area contributed by atoms with Crippen LogP contribution in [0.25, 0.3) is 10.6 Å². The minimum absolute atomic E-state index is 0.0475. The van der Waals surface area contributed by atoms with Gasteiger partial charge in [0.05, 0.1) is 22.7 Å². The van der Waals surface area contributed by atoms with E-state index in [1.54, 1.807) is 13.8 Å². The number of aromatic nitrogens is 1. The van der Waals surface area contributed by atoms with Gasteiger partial charge in [0.2, 0.25) is 0 Å². The monoisotopic (exact) mass is 408 g/mol. The highest BCUT2D eigenvalue weighted by Gasteiger charge is 2.39. The number of ether oxygens (including phenoxy) is 1. The van der Waals surface area contributed by atoms with E-state index in [0.29, 0.717) is 22.0 Å². The van der Waals surface area contributed by atoms with E-state index in [2.05, 4.69) is 10.3 Å². The summed E-state index contributed by atoms with van der Waals surface area (Å²) in [6.07, 6.45) is 0.351. The zero-order valence-electron chi connectivity index (χ0n) is 15.0. The molecule has 1 aliphatic rings. The third-order valence-corrected chi connectivity index (χ3v) is 7.37. The summed E-state index contributed by atoms with van der Waals surface area (Å²) in [7, 11) is -3.13. The summed E-state index contributed by atoms with van der Waals surface area (Å²) in [5, 5.41) is 3.36. The Morgan fingerprint density at radius 1 is 1.30 bits per heavy atom. The summed E-state index contributed by atoms with van der Waals surface area (Å²) in [5.41, 5.74) is 0.624. The number of amides is 1. The topological polar surface area (TPSA) is 102 Å². The van der Waals surface area contributed by atoms with Gasteiger partial charge in [-0.15, -0.1) is 11.3 Å². The fourth-order valence-corrected chi connectivity index (χ4v) is 6.03. The van der Waals surface area contributed by atoms with Crippen LogP contribution in [0.5, 0.6) is 0 Å². The molecule has 7 nitrogen and oxygen atoms in total. The van der Waals surface area contributed by atoms with Gasteiger partial charge < -0.3 is 10.1 Å². The minimum Gasteiger partial charge on any atom is -0.451 e. The van der Waals surface area contributed by atoms with Crippen LogP contribution < -0.4 is 5.32 Å². The number of carbonyl (C=O) groups excluding carboxylic acids is 2. The Labute approximate surface area is 161 Å². The molecule has 3 rings (SSSR count). The largest absolute Gasteiger partial charge is 0.451 e. The lowest BCUT2D eigenvalue weighted by molar-refractivity contribution is -0.125. The lowest BCUT2D eigenvalue weighted by Crippen LogP contribution is -2.48. The van der Waals surface area contributed by atoms with Crippen LogP contribution in [0.3, 0.4) is 0 Å². The molecule has 0 saturated carbocycles. The molecule has 144 valence electrons. The van der Waals surface area contributed by atoms with E-state index in [0.717, 1.165) is 5.56 Å². The van der Waals surface area contributed by atoms with Crippen molar-refractivity contribution in [3.63, 3.8) is 0 Å². The Balaban J connectivity index is 1.60. The minimum atomic E-state index is -3.13. The molecular formula is C18H20N2O5S2. The number of nitrogens with one attached hydrogen (secondary N) is 1. The molecule has 1 amide bonds. The molecule has 1 aliphatic heterocycles. The molecule has 0 spiro atoms. The average molecular weight is 409 g/mol. The number of hydrogen-bond acceptors (Lipinski definition) is 7. The zero-order chi connectivity index (χ0) is 19.7. The zero-order valence-corrected chi connectivity index (χ0v) is 16.7. The first-order valence-electron chi connectivity index (χ1n) is 8.39. The number of rotatable bonds is 5. The molecule has 1 atom stereocenters. The number of benzene rings is 1. The van der Waals surface area contributed by atoms with Crippen molar-refractivity contribution in [2.75, 3.05) is 18.1 Å². The van der Waals surface area contributed by atoms with Crippen molar-refractivity contribution in [2.24, 2.45) is 0 Å². The summed E-state index contributed by atoms with van der Waals surface area (Å²) < 4.78 is 28.3. The van der Waals surface area contributed by atoms with Crippen LogP contribution in [0.1, 0.15) is 28.7 Å². The Bertz CT molecular complexity index is 969. The first-order chi connectivity index (χ1) is 12.7. The normalized spacial score (nSPS) is 21.0. The fourth-order valence-electron chi connectivity index (χ4n) is 2.97. The van der Waals surface area contributed by atoms with E-state index in [1.165, 1.54) is 11.3 Å². The molecule has 0 unspecified atom stereocenters. The van der Waals surface area contributed by atoms with Crippen LogP contribution >= 0.6 is 11.3 Å². The van der Waals surface area contributed by atoms with Crippen LogP contribution in [0.4, 0.5) is 0 Å². The Kier molecular flexibility index (Phi) is 5.34. The van der Waals surface area contributed by atoms with Crippen LogP contribution in [0, 0.1) is 6.92 Å². The molecule has 1 fully saturated rings. The van der Waals surface area contributed by atoms with Gasteiger partial charge in [0.25, 0.3) is 5.91 Å². The number of carbonyl (C=O) groups is 2. The lowest BCUT2D eigenvalue weighted by atomic mass is 10.0. The summed E-state index contributed by atoms with van der Waals surface area (Å²) in [5.74, 6) is -1.19. The molecule has 0 aliphatic carbocycles. The maximum atomic E-state index is 12.3. The lowest BCUT2D eigenvalue weighted by Gasteiger charge is -2.23. The van der Waals surface area contributed by atoms with Gasteiger partial charge in [-0.05, 0) is 20.3 Å². The van der Waals surface area contributed by atoms with Gasteiger partial charge in [-0.1, -0.05) is 30.3 Å². The predicted octanol–water partition coefficient (Wildman–Crippen LogP) is 1.97. The maximum Gasteiger partial charge on any atom is 0.350 e. The second-order valence-electron chi connectivity index (χ2n) is 6.83.